The molecular weight excluding hydrogens is 200 g/mol. The summed E-state index contributed by atoms with van der Waals surface area (Å²) in [4.78, 5) is 0. The van der Waals surface area contributed by atoms with E-state index in [1.54, 1.807) is 0 Å². The van der Waals surface area contributed by atoms with Crippen LogP contribution in [0.1, 0.15) is 0 Å². The minimum Gasteiger partial charge on any atom is -0.409 e. The van der Waals surface area contributed by atoms with Gasteiger partial charge in [0.1, 0.15) is 0 Å². The number of hydrogen-bond acceptors (Lipinski definition) is 1. The van der Waals surface area contributed by atoms with Crippen LogP contribution in [0.25, 0.3) is 0 Å². The number of rotatable bonds is 3. The Bertz CT molecular complexity index is 360. The van der Waals surface area contributed by atoms with Crippen LogP contribution in [0.4, 0.5) is 0 Å². The number of benzene rings is 2. The largest absolute Gasteiger partial charge is 0.409 e. The zero-order chi connectivity index (χ0) is 10.5. The lowest BCUT2D eigenvalue weighted by atomic mass is 10.4. The second-order valence-electron chi connectivity index (χ2n) is 3.37. The van der Waals surface area contributed by atoms with Gasteiger partial charge in [-0.15, -0.1) is 0 Å². The van der Waals surface area contributed by atoms with E-state index in [4.69, 9.17) is 4.43 Å². The molecule has 0 aliphatic carbocycles. The summed E-state index contributed by atoms with van der Waals surface area (Å²) in [6, 6.07) is 20.6. The van der Waals surface area contributed by atoms with Gasteiger partial charge < -0.3 is 4.43 Å². The van der Waals surface area contributed by atoms with E-state index in [0.717, 1.165) is 0 Å². The second-order valence-corrected chi connectivity index (χ2v) is 5.79. The van der Waals surface area contributed by atoms with E-state index in [1.165, 1.54) is 10.4 Å². The van der Waals surface area contributed by atoms with E-state index in [2.05, 4.69) is 31.4 Å². The van der Waals surface area contributed by atoms with Gasteiger partial charge in [0.15, 0.2) is 0 Å². The van der Waals surface area contributed by atoms with Gasteiger partial charge in [-0.2, -0.15) is 0 Å². The quantitative estimate of drug-likeness (QED) is 0.699. The van der Waals surface area contributed by atoms with Crippen molar-refractivity contribution in [2.24, 2.45) is 0 Å². The molecule has 0 bridgehead atoms. The van der Waals surface area contributed by atoms with Crippen molar-refractivity contribution in [3.8, 4) is 0 Å². The van der Waals surface area contributed by atoms with Crippen molar-refractivity contribution in [1.29, 1.82) is 0 Å². The van der Waals surface area contributed by atoms with Crippen LogP contribution in [0.2, 0.25) is 0 Å². The lowest BCUT2D eigenvalue weighted by Gasteiger charge is -2.13. The molecule has 2 heteroatoms. The van der Waals surface area contributed by atoms with Gasteiger partial charge >= 0.3 is 0 Å². The molecule has 0 fully saturated rings. The molecule has 0 atom stereocenters. The first-order chi connectivity index (χ1) is 7.42. The van der Waals surface area contributed by atoms with Gasteiger partial charge in [0.2, 0.25) is 9.04 Å². The fraction of sp³-hybridized carbons (Fsp3) is 0. The maximum absolute atomic E-state index is 5.41. The highest BCUT2D eigenvalue weighted by atomic mass is 28.3. The molecule has 0 spiro atoms. The zero-order valence-corrected chi connectivity index (χ0v) is 9.62. The molecule has 0 saturated carbocycles. The van der Waals surface area contributed by atoms with E-state index in [9.17, 15) is 0 Å². The van der Waals surface area contributed by atoms with Crippen molar-refractivity contribution in [3.63, 3.8) is 0 Å². The number of hydrogen-bond donors (Lipinski definition) is 0. The highest BCUT2D eigenvalue weighted by molar-refractivity contribution is 6.80. The Kier molecular flexibility index (Phi) is 3.32. The fourth-order valence-corrected chi connectivity index (χ4v) is 3.55. The van der Waals surface area contributed by atoms with Crippen molar-refractivity contribution in [2.75, 3.05) is 0 Å². The van der Waals surface area contributed by atoms with Crippen LogP contribution in [-0.4, -0.2) is 9.04 Å². The molecule has 0 saturated heterocycles. The third-order valence-electron chi connectivity index (χ3n) is 2.37. The normalized spacial score (nSPS) is 10.5. The molecule has 0 aliphatic heterocycles. The summed E-state index contributed by atoms with van der Waals surface area (Å²) in [7, 11) is 2.06. The minimum atomic E-state index is -1.54. The molecule has 2 aromatic carbocycles. The Morgan fingerprint density at radius 2 is 1.13 bits per heavy atom. The lowest BCUT2D eigenvalue weighted by Crippen LogP contribution is -2.43. The van der Waals surface area contributed by atoms with Crippen LogP contribution in [0, 0.1) is 7.11 Å². The van der Waals surface area contributed by atoms with Gasteiger partial charge in [-0.05, 0) is 10.4 Å². The fourth-order valence-electron chi connectivity index (χ4n) is 1.64. The molecule has 2 rings (SSSR count). The predicted octanol–water partition coefficient (Wildman–Crippen LogP) is 1.33. The Labute approximate surface area is 92.1 Å². The molecule has 0 heterocycles. The zero-order valence-electron chi connectivity index (χ0n) is 8.47. The molecule has 0 amide bonds. The summed E-state index contributed by atoms with van der Waals surface area (Å²) in [5.41, 5.74) is 0. The van der Waals surface area contributed by atoms with E-state index in [-0.39, 0.29) is 0 Å². The summed E-state index contributed by atoms with van der Waals surface area (Å²) >= 11 is 0. The lowest BCUT2D eigenvalue weighted by molar-refractivity contribution is 0.502. The molecule has 0 aromatic heterocycles. The maximum atomic E-state index is 5.41. The SMILES string of the molecule is [CH2]O[SiH](c1ccccc1)c1ccccc1. The molecule has 0 N–H and O–H groups in total. The van der Waals surface area contributed by atoms with E-state index in [1.807, 2.05) is 36.4 Å². The molecule has 15 heavy (non-hydrogen) atoms. The highest BCUT2D eigenvalue weighted by Gasteiger charge is 2.14. The Hall–Kier alpha value is -1.38. The first-order valence-electron chi connectivity index (χ1n) is 4.92. The van der Waals surface area contributed by atoms with Crippen molar-refractivity contribution >= 4 is 19.4 Å². The molecule has 75 valence electrons. The smallest absolute Gasteiger partial charge is 0.239 e. The summed E-state index contributed by atoms with van der Waals surface area (Å²) < 4.78 is 5.41. The third-order valence-corrected chi connectivity index (χ3v) is 4.69. The van der Waals surface area contributed by atoms with E-state index in [0.29, 0.717) is 0 Å². The van der Waals surface area contributed by atoms with Gasteiger partial charge in [0.25, 0.3) is 0 Å². The van der Waals surface area contributed by atoms with Gasteiger partial charge in [-0.3, -0.25) is 0 Å². The topological polar surface area (TPSA) is 9.23 Å². The van der Waals surface area contributed by atoms with Crippen LogP contribution < -0.4 is 10.4 Å². The van der Waals surface area contributed by atoms with Gasteiger partial charge in [-0.1, -0.05) is 60.7 Å². The molecule has 1 radical (unpaired) electrons. The van der Waals surface area contributed by atoms with E-state index >= 15 is 0 Å². The first-order valence-corrected chi connectivity index (χ1v) is 6.55. The summed E-state index contributed by atoms with van der Waals surface area (Å²) in [5.74, 6) is 0. The van der Waals surface area contributed by atoms with Crippen LogP contribution >= 0.6 is 0 Å². The highest BCUT2D eigenvalue weighted by Crippen LogP contribution is 1.93. The summed E-state index contributed by atoms with van der Waals surface area (Å²) in [6.45, 7) is 0. The van der Waals surface area contributed by atoms with Crippen LogP contribution in [0.3, 0.4) is 0 Å². The molecule has 2 aromatic rings. The minimum absolute atomic E-state index is 1.26. The molecule has 0 unspecified atom stereocenters. The van der Waals surface area contributed by atoms with Crippen LogP contribution in [-0.2, 0) is 4.43 Å². The average molecular weight is 213 g/mol. The maximum Gasteiger partial charge on any atom is 0.239 e. The van der Waals surface area contributed by atoms with E-state index < -0.39 is 9.04 Å². The van der Waals surface area contributed by atoms with Crippen molar-refractivity contribution in [2.45, 2.75) is 0 Å². The average Bonchev–Trinajstić information content (AvgIpc) is 2.33. The summed E-state index contributed by atoms with van der Waals surface area (Å²) in [6.07, 6.45) is 0. The van der Waals surface area contributed by atoms with Gasteiger partial charge in [-0.25, -0.2) is 0 Å². The molecule has 1 nitrogen and oxygen atoms in total. The summed E-state index contributed by atoms with van der Waals surface area (Å²) in [5, 5.41) is 2.53. The van der Waals surface area contributed by atoms with Gasteiger partial charge in [0.05, 0.1) is 7.11 Å². The molecule has 0 aliphatic rings. The second kappa shape index (κ2) is 4.91. The first kappa shape index (κ1) is 10.1. The van der Waals surface area contributed by atoms with Crippen molar-refractivity contribution < 1.29 is 4.43 Å². The van der Waals surface area contributed by atoms with Crippen LogP contribution in [0.15, 0.2) is 60.7 Å². The monoisotopic (exact) mass is 213 g/mol. The Morgan fingerprint density at radius 1 is 0.733 bits per heavy atom. The Morgan fingerprint density at radius 3 is 1.47 bits per heavy atom. The van der Waals surface area contributed by atoms with Gasteiger partial charge in [0, 0.05) is 0 Å². The third kappa shape index (κ3) is 2.35. The Balaban J connectivity index is 2.34. The molecular formula is C13H13OSi. The standard InChI is InChI=1S/C13H13OSi/c1-14-15(12-8-4-2-5-9-12)13-10-6-3-7-11-13/h2-11,15H,1H2. The van der Waals surface area contributed by atoms with Crippen LogP contribution in [0.5, 0.6) is 0 Å². The van der Waals surface area contributed by atoms with Crippen molar-refractivity contribution in [1.82, 2.24) is 0 Å². The predicted molar refractivity (Wildman–Crippen MR) is 65.7 cm³/mol. The van der Waals surface area contributed by atoms with Crippen molar-refractivity contribution in [3.05, 3.63) is 67.8 Å².